The van der Waals surface area contributed by atoms with Crippen molar-refractivity contribution in [3.8, 4) is 0 Å². The second-order valence-corrected chi connectivity index (χ2v) is 3.82. The molecule has 0 aliphatic heterocycles. The molecular weight excluding hydrogens is 174 g/mol. The van der Waals surface area contributed by atoms with Crippen LogP contribution < -0.4 is 0 Å². The number of hydrogen-bond acceptors (Lipinski definition) is 2. The van der Waals surface area contributed by atoms with Crippen molar-refractivity contribution >= 4 is 6.08 Å². The highest BCUT2D eigenvalue weighted by atomic mass is 16.1. The van der Waals surface area contributed by atoms with Gasteiger partial charge in [0.05, 0.1) is 6.54 Å². The van der Waals surface area contributed by atoms with Crippen molar-refractivity contribution < 1.29 is 4.79 Å². The lowest BCUT2D eigenvalue weighted by atomic mass is 9.97. The summed E-state index contributed by atoms with van der Waals surface area (Å²) in [6.07, 6.45) is 3.86. The molecule has 0 bridgehead atoms. The van der Waals surface area contributed by atoms with Crippen LogP contribution in [0.3, 0.4) is 0 Å². The molecule has 1 atom stereocenters. The van der Waals surface area contributed by atoms with E-state index < -0.39 is 0 Å². The van der Waals surface area contributed by atoms with Gasteiger partial charge >= 0.3 is 0 Å². The molecule has 0 heterocycles. The van der Waals surface area contributed by atoms with Gasteiger partial charge in [0.1, 0.15) is 0 Å². The van der Waals surface area contributed by atoms with E-state index in [2.05, 4.69) is 30.1 Å². The summed E-state index contributed by atoms with van der Waals surface area (Å²) in [5.74, 6) is 0.438. The Balaban J connectivity index is 2.33. The maximum atomic E-state index is 10.1. The van der Waals surface area contributed by atoms with Crippen molar-refractivity contribution in [2.75, 3.05) is 6.54 Å². The van der Waals surface area contributed by atoms with Gasteiger partial charge in [-0.1, -0.05) is 18.2 Å². The standard InChI is InChI=1S/C12H13NO/c1-9-3-2-4-10-5-6-11(12(9)10)7-13-8-14/h2-4,11H,5-7H2,1H3. The molecule has 14 heavy (non-hydrogen) atoms. The van der Waals surface area contributed by atoms with Crippen LogP contribution in [-0.4, -0.2) is 12.6 Å². The summed E-state index contributed by atoms with van der Waals surface area (Å²) in [7, 11) is 0. The molecule has 1 aromatic carbocycles. The highest BCUT2D eigenvalue weighted by Gasteiger charge is 2.23. The number of aryl methyl sites for hydroxylation is 2. The first-order valence-corrected chi connectivity index (χ1v) is 4.95. The number of carbonyl (C=O) groups excluding carboxylic acids is 1. The van der Waals surface area contributed by atoms with Gasteiger partial charge < -0.3 is 0 Å². The van der Waals surface area contributed by atoms with Crippen LogP contribution >= 0.6 is 0 Å². The molecule has 1 aliphatic carbocycles. The lowest BCUT2D eigenvalue weighted by Gasteiger charge is -2.10. The summed E-state index contributed by atoms with van der Waals surface area (Å²) < 4.78 is 0. The SMILES string of the molecule is Cc1cccc2c1C(CN=C=O)CC2. The van der Waals surface area contributed by atoms with Gasteiger partial charge in [-0.2, -0.15) is 0 Å². The summed E-state index contributed by atoms with van der Waals surface area (Å²) in [6, 6.07) is 6.40. The fraction of sp³-hybridized carbons (Fsp3) is 0.417. The monoisotopic (exact) mass is 187 g/mol. The van der Waals surface area contributed by atoms with Gasteiger partial charge in [-0.3, -0.25) is 0 Å². The van der Waals surface area contributed by atoms with Gasteiger partial charge in [0.2, 0.25) is 6.08 Å². The number of fused-ring (bicyclic) bond motifs is 1. The van der Waals surface area contributed by atoms with Crippen molar-refractivity contribution in [3.63, 3.8) is 0 Å². The zero-order valence-corrected chi connectivity index (χ0v) is 8.29. The van der Waals surface area contributed by atoms with Crippen LogP contribution in [0.1, 0.15) is 29.0 Å². The minimum atomic E-state index is 0.438. The van der Waals surface area contributed by atoms with E-state index in [1.165, 1.54) is 16.7 Å². The smallest absolute Gasteiger partial charge is 0.211 e. The predicted molar refractivity (Wildman–Crippen MR) is 55.2 cm³/mol. The topological polar surface area (TPSA) is 29.4 Å². The normalized spacial score (nSPS) is 18.8. The summed E-state index contributed by atoms with van der Waals surface area (Å²) in [4.78, 5) is 13.8. The fourth-order valence-electron chi connectivity index (χ4n) is 2.35. The molecule has 0 saturated carbocycles. The molecule has 1 unspecified atom stereocenters. The Morgan fingerprint density at radius 2 is 2.43 bits per heavy atom. The average molecular weight is 187 g/mol. The van der Waals surface area contributed by atoms with Crippen molar-refractivity contribution in [1.29, 1.82) is 0 Å². The highest BCUT2D eigenvalue weighted by molar-refractivity contribution is 5.42. The van der Waals surface area contributed by atoms with Gasteiger partial charge in [0, 0.05) is 5.92 Å². The molecule has 2 heteroatoms. The molecule has 72 valence electrons. The number of benzene rings is 1. The summed E-state index contributed by atoms with van der Waals surface area (Å²) in [5, 5.41) is 0. The van der Waals surface area contributed by atoms with Crippen molar-refractivity contribution in [1.82, 2.24) is 0 Å². The van der Waals surface area contributed by atoms with Gasteiger partial charge in [0.25, 0.3) is 0 Å². The molecule has 0 radical (unpaired) electrons. The molecule has 0 N–H and O–H groups in total. The van der Waals surface area contributed by atoms with Gasteiger partial charge in [-0.05, 0) is 36.5 Å². The van der Waals surface area contributed by atoms with Crippen LogP contribution in [-0.2, 0) is 11.2 Å². The lowest BCUT2D eigenvalue weighted by molar-refractivity contribution is 0.560. The fourth-order valence-corrected chi connectivity index (χ4v) is 2.35. The maximum Gasteiger partial charge on any atom is 0.234 e. The minimum absolute atomic E-state index is 0.438. The van der Waals surface area contributed by atoms with E-state index in [0.717, 1.165) is 12.8 Å². The zero-order chi connectivity index (χ0) is 9.97. The van der Waals surface area contributed by atoms with Crippen LogP contribution in [0.4, 0.5) is 0 Å². The number of rotatable bonds is 2. The molecule has 0 spiro atoms. The van der Waals surface area contributed by atoms with Crippen LogP contribution in [0, 0.1) is 6.92 Å². The van der Waals surface area contributed by atoms with Crippen LogP contribution in [0.15, 0.2) is 23.2 Å². The third kappa shape index (κ3) is 1.49. The number of hydrogen-bond donors (Lipinski definition) is 0. The number of nitrogens with zero attached hydrogens (tertiary/aromatic N) is 1. The third-order valence-corrected chi connectivity index (χ3v) is 2.96. The van der Waals surface area contributed by atoms with E-state index in [9.17, 15) is 4.79 Å². The molecule has 2 rings (SSSR count). The maximum absolute atomic E-state index is 10.1. The summed E-state index contributed by atoms with van der Waals surface area (Å²) in [6.45, 7) is 2.73. The lowest BCUT2D eigenvalue weighted by Crippen LogP contribution is -1.99. The molecule has 0 amide bonds. The molecule has 2 nitrogen and oxygen atoms in total. The van der Waals surface area contributed by atoms with Gasteiger partial charge in [-0.15, -0.1) is 0 Å². The summed E-state index contributed by atoms with van der Waals surface area (Å²) >= 11 is 0. The van der Waals surface area contributed by atoms with Crippen molar-refractivity contribution in [2.24, 2.45) is 4.99 Å². The largest absolute Gasteiger partial charge is 0.234 e. The van der Waals surface area contributed by atoms with Gasteiger partial charge in [0.15, 0.2) is 0 Å². The first kappa shape index (κ1) is 9.17. The second-order valence-electron chi connectivity index (χ2n) is 3.82. The van der Waals surface area contributed by atoms with Crippen LogP contribution in [0.25, 0.3) is 0 Å². The molecule has 0 aromatic heterocycles. The third-order valence-electron chi connectivity index (χ3n) is 2.96. The van der Waals surface area contributed by atoms with E-state index in [4.69, 9.17) is 0 Å². The van der Waals surface area contributed by atoms with Crippen LogP contribution in [0.5, 0.6) is 0 Å². The Labute approximate surface area is 83.7 Å². The zero-order valence-electron chi connectivity index (χ0n) is 8.29. The average Bonchev–Trinajstić information content (AvgIpc) is 2.59. The van der Waals surface area contributed by atoms with Crippen molar-refractivity contribution in [2.45, 2.75) is 25.7 Å². The Morgan fingerprint density at radius 3 is 3.21 bits per heavy atom. The Hall–Kier alpha value is -1.40. The van der Waals surface area contributed by atoms with Crippen LogP contribution in [0.2, 0.25) is 0 Å². The number of isocyanates is 1. The molecule has 0 saturated heterocycles. The molecule has 0 fully saturated rings. The minimum Gasteiger partial charge on any atom is -0.211 e. The molecule has 1 aromatic rings. The van der Waals surface area contributed by atoms with E-state index in [1.54, 1.807) is 6.08 Å². The number of aliphatic imine (C=N–C) groups is 1. The van der Waals surface area contributed by atoms with E-state index >= 15 is 0 Å². The van der Waals surface area contributed by atoms with E-state index in [1.807, 2.05) is 0 Å². The first-order valence-electron chi connectivity index (χ1n) is 4.95. The van der Waals surface area contributed by atoms with E-state index in [-0.39, 0.29) is 0 Å². The van der Waals surface area contributed by atoms with Crippen molar-refractivity contribution in [3.05, 3.63) is 34.9 Å². The summed E-state index contributed by atoms with van der Waals surface area (Å²) in [5.41, 5.74) is 4.16. The Morgan fingerprint density at radius 1 is 1.57 bits per heavy atom. The van der Waals surface area contributed by atoms with Gasteiger partial charge in [-0.25, -0.2) is 9.79 Å². The molecule has 1 aliphatic rings. The highest BCUT2D eigenvalue weighted by Crippen LogP contribution is 2.35. The Bertz CT molecular complexity index is 391. The quantitative estimate of drug-likeness (QED) is 0.516. The van der Waals surface area contributed by atoms with E-state index in [0.29, 0.717) is 12.5 Å². The Kier molecular flexibility index (Phi) is 2.47. The first-order chi connectivity index (χ1) is 6.83. The second kappa shape index (κ2) is 3.77. The predicted octanol–water partition coefficient (Wildman–Crippen LogP) is 2.36. The molecular formula is C12H13NO.